The van der Waals surface area contributed by atoms with E-state index in [1.807, 2.05) is 42.5 Å². The largest absolute Gasteiger partial charge is 0.479 e. The van der Waals surface area contributed by atoms with E-state index < -0.39 is 17.9 Å². The first-order chi connectivity index (χ1) is 14.4. The van der Waals surface area contributed by atoms with E-state index in [1.54, 1.807) is 37.3 Å². The maximum absolute atomic E-state index is 12.8. The van der Waals surface area contributed by atoms with Gasteiger partial charge in [-0.05, 0) is 41.8 Å². The molecule has 2 N–H and O–H groups in total. The van der Waals surface area contributed by atoms with E-state index in [0.29, 0.717) is 21.7 Å². The third-order valence-corrected chi connectivity index (χ3v) is 5.23. The number of rotatable bonds is 5. The molecule has 5 nitrogen and oxygen atoms in total. The number of aryl methyl sites for hydroxylation is 1. The number of hydrogen-bond acceptors (Lipinski definition) is 3. The van der Waals surface area contributed by atoms with E-state index in [0.717, 1.165) is 16.5 Å². The van der Waals surface area contributed by atoms with Crippen LogP contribution < -0.4 is 5.32 Å². The fourth-order valence-electron chi connectivity index (χ4n) is 3.39. The van der Waals surface area contributed by atoms with Crippen molar-refractivity contribution in [1.82, 2.24) is 5.32 Å². The third kappa shape index (κ3) is 3.80. The molecule has 0 spiro atoms. The summed E-state index contributed by atoms with van der Waals surface area (Å²) in [7, 11) is 0. The van der Waals surface area contributed by atoms with Gasteiger partial charge in [-0.15, -0.1) is 0 Å². The van der Waals surface area contributed by atoms with Gasteiger partial charge in [-0.2, -0.15) is 0 Å². The Morgan fingerprint density at radius 2 is 1.63 bits per heavy atom. The molecule has 0 aliphatic carbocycles. The van der Waals surface area contributed by atoms with Crippen molar-refractivity contribution in [3.8, 4) is 11.1 Å². The Bertz CT molecular complexity index is 1230. The van der Waals surface area contributed by atoms with E-state index >= 15 is 0 Å². The number of aliphatic carboxylic acids is 1. The molecule has 4 aromatic rings. The summed E-state index contributed by atoms with van der Waals surface area (Å²) in [5.74, 6) is -1.62. The van der Waals surface area contributed by atoms with Crippen LogP contribution in [0.5, 0.6) is 0 Å². The Labute approximate surface area is 177 Å². The van der Waals surface area contributed by atoms with Crippen LogP contribution >= 0.6 is 11.6 Å². The zero-order valence-electron chi connectivity index (χ0n) is 16.1. The molecule has 0 saturated heterocycles. The normalized spacial score (nSPS) is 11.9. The number of carboxylic acid groups (broad SMARTS) is 1. The van der Waals surface area contributed by atoms with Crippen molar-refractivity contribution in [2.24, 2.45) is 0 Å². The summed E-state index contributed by atoms with van der Waals surface area (Å²) in [6.45, 7) is 1.78. The molecule has 1 amide bonds. The number of hydrogen-bond donors (Lipinski definition) is 2. The van der Waals surface area contributed by atoms with Gasteiger partial charge in [-0.25, -0.2) is 4.79 Å². The molecule has 0 aliphatic rings. The Kier molecular flexibility index (Phi) is 5.29. The Hall–Kier alpha value is -3.57. The minimum Gasteiger partial charge on any atom is -0.479 e. The Morgan fingerprint density at radius 3 is 2.30 bits per heavy atom. The molecule has 0 bridgehead atoms. The monoisotopic (exact) mass is 419 g/mol. The van der Waals surface area contributed by atoms with E-state index in [9.17, 15) is 14.7 Å². The van der Waals surface area contributed by atoms with Gasteiger partial charge in [-0.1, -0.05) is 66.2 Å². The van der Waals surface area contributed by atoms with Crippen molar-refractivity contribution in [3.63, 3.8) is 0 Å². The molecule has 0 saturated carbocycles. The molecular weight excluding hydrogens is 402 g/mol. The molecule has 0 aliphatic heterocycles. The highest BCUT2D eigenvalue weighted by atomic mass is 35.5. The smallest absolute Gasteiger partial charge is 0.330 e. The van der Waals surface area contributed by atoms with Crippen LogP contribution in [0.2, 0.25) is 5.02 Å². The lowest BCUT2D eigenvalue weighted by Crippen LogP contribution is -2.33. The van der Waals surface area contributed by atoms with Gasteiger partial charge in [0.1, 0.15) is 5.58 Å². The summed E-state index contributed by atoms with van der Waals surface area (Å²) in [4.78, 5) is 24.5. The predicted octanol–water partition coefficient (Wildman–Crippen LogP) is 5.62. The molecule has 0 fully saturated rings. The van der Waals surface area contributed by atoms with Gasteiger partial charge in [0, 0.05) is 16.0 Å². The molecule has 1 aromatic heterocycles. The highest BCUT2D eigenvalue weighted by Crippen LogP contribution is 2.31. The summed E-state index contributed by atoms with van der Waals surface area (Å²) in [6, 6.07) is 20.5. The number of benzene rings is 3. The van der Waals surface area contributed by atoms with Crippen molar-refractivity contribution in [1.29, 1.82) is 0 Å². The van der Waals surface area contributed by atoms with Gasteiger partial charge in [-0.3, -0.25) is 4.79 Å². The minimum atomic E-state index is -1.17. The summed E-state index contributed by atoms with van der Waals surface area (Å²) in [6.07, 6.45) is 0. The van der Waals surface area contributed by atoms with Gasteiger partial charge in [0.15, 0.2) is 11.8 Å². The highest BCUT2D eigenvalue weighted by molar-refractivity contribution is 6.30. The van der Waals surface area contributed by atoms with Crippen LogP contribution in [0.1, 0.15) is 27.7 Å². The second-order valence-corrected chi connectivity index (χ2v) is 7.37. The number of halogens is 1. The van der Waals surface area contributed by atoms with Crippen LogP contribution in [0.25, 0.3) is 22.1 Å². The number of amides is 1. The molecule has 30 heavy (non-hydrogen) atoms. The molecule has 4 rings (SSSR count). The molecule has 150 valence electrons. The lowest BCUT2D eigenvalue weighted by molar-refractivity contribution is -0.139. The quantitative estimate of drug-likeness (QED) is 0.440. The fraction of sp³-hybridized carbons (Fsp3) is 0.0833. The Balaban J connectivity index is 1.66. The lowest BCUT2D eigenvalue weighted by Gasteiger charge is -2.14. The van der Waals surface area contributed by atoms with E-state index in [4.69, 9.17) is 16.0 Å². The topological polar surface area (TPSA) is 79.5 Å². The first kappa shape index (κ1) is 19.7. The second kappa shape index (κ2) is 8.05. The summed E-state index contributed by atoms with van der Waals surface area (Å²) < 4.78 is 5.83. The standard InChI is InChI=1S/C24H18ClNO4/c1-14-19-12-9-17(15-7-10-18(25)11-8-15)13-20(19)30-22(14)23(27)26-21(24(28)29)16-5-3-2-4-6-16/h2-13,21H,1H3,(H,26,27)(H,28,29). The van der Waals surface area contributed by atoms with Crippen molar-refractivity contribution < 1.29 is 19.1 Å². The maximum atomic E-state index is 12.8. The van der Waals surface area contributed by atoms with E-state index in [1.165, 1.54) is 0 Å². The zero-order chi connectivity index (χ0) is 21.3. The molecular formula is C24H18ClNO4. The molecule has 1 atom stereocenters. The van der Waals surface area contributed by atoms with Crippen molar-refractivity contribution in [2.75, 3.05) is 0 Å². The number of carboxylic acids is 1. The SMILES string of the molecule is Cc1c(C(=O)NC(C(=O)O)c2ccccc2)oc2cc(-c3ccc(Cl)cc3)ccc12. The molecule has 1 unspecified atom stereocenters. The third-order valence-electron chi connectivity index (χ3n) is 4.98. The van der Waals surface area contributed by atoms with Crippen LogP contribution in [0.4, 0.5) is 0 Å². The summed E-state index contributed by atoms with van der Waals surface area (Å²) in [5, 5.41) is 13.6. The van der Waals surface area contributed by atoms with Gasteiger partial charge < -0.3 is 14.8 Å². The predicted molar refractivity (Wildman–Crippen MR) is 116 cm³/mol. The molecule has 1 heterocycles. The first-order valence-corrected chi connectivity index (χ1v) is 9.69. The minimum absolute atomic E-state index is 0.0976. The Morgan fingerprint density at radius 1 is 0.967 bits per heavy atom. The molecule has 0 radical (unpaired) electrons. The van der Waals surface area contributed by atoms with Crippen LogP contribution in [0, 0.1) is 6.92 Å². The summed E-state index contributed by atoms with van der Waals surface area (Å²) in [5.41, 5.74) is 3.58. The van der Waals surface area contributed by atoms with Crippen LogP contribution in [-0.2, 0) is 4.79 Å². The van der Waals surface area contributed by atoms with Crippen molar-refractivity contribution in [2.45, 2.75) is 13.0 Å². The lowest BCUT2D eigenvalue weighted by atomic mass is 10.0. The zero-order valence-corrected chi connectivity index (χ0v) is 16.8. The average molecular weight is 420 g/mol. The molecule has 3 aromatic carbocycles. The number of furan rings is 1. The van der Waals surface area contributed by atoms with E-state index in [2.05, 4.69) is 5.32 Å². The fourth-order valence-corrected chi connectivity index (χ4v) is 3.52. The van der Waals surface area contributed by atoms with E-state index in [-0.39, 0.29) is 5.76 Å². The van der Waals surface area contributed by atoms with Gasteiger partial charge in [0.25, 0.3) is 5.91 Å². The number of carbonyl (C=O) groups is 2. The van der Waals surface area contributed by atoms with Crippen molar-refractivity contribution >= 4 is 34.4 Å². The number of carbonyl (C=O) groups excluding carboxylic acids is 1. The average Bonchev–Trinajstić information content (AvgIpc) is 3.09. The van der Waals surface area contributed by atoms with Gasteiger partial charge >= 0.3 is 5.97 Å². The first-order valence-electron chi connectivity index (χ1n) is 9.32. The highest BCUT2D eigenvalue weighted by Gasteiger charge is 2.26. The van der Waals surface area contributed by atoms with Gasteiger partial charge in [0.05, 0.1) is 0 Å². The van der Waals surface area contributed by atoms with Crippen LogP contribution in [-0.4, -0.2) is 17.0 Å². The van der Waals surface area contributed by atoms with Gasteiger partial charge in [0.2, 0.25) is 0 Å². The number of nitrogens with one attached hydrogen (secondary N) is 1. The maximum Gasteiger partial charge on any atom is 0.330 e. The van der Waals surface area contributed by atoms with Crippen LogP contribution in [0.3, 0.4) is 0 Å². The number of fused-ring (bicyclic) bond motifs is 1. The molecule has 6 heteroatoms. The van der Waals surface area contributed by atoms with Crippen LogP contribution in [0.15, 0.2) is 77.2 Å². The summed E-state index contributed by atoms with van der Waals surface area (Å²) >= 11 is 5.96. The van der Waals surface area contributed by atoms with Crippen molar-refractivity contribution in [3.05, 3.63) is 94.7 Å². The second-order valence-electron chi connectivity index (χ2n) is 6.93.